The van der Waals surface area contributed by atoms with E-state index in [1.165, 1.54) is 242 Å². The molecule has 149 heavy (non-hydrogen) atoms. The van der Waals surface area contributed by atoms with Gasteiger partial charge in [-0.05, 0) is 291 Å². The Morgan fingerprint density at radius 3 is 1.26 bits per heavy atom. The minimum atomic E-state index is -0.259. The van der Waals surface area contributed by atoms with E-state index in [0.29, 0.717) is 0 Å². The monoisotopic (exact) mass is 1930 g/mol. The highest BCUT2D eigenvalue weighted by Crippen LogP contribution is 2.63. The lowest BCUT2D eigenvalue weighted by Gasteiger charge is -2.34. The van der Waals surface area contributed by atoms with Crippen LogP contribution in [-0.2, 0) is 27.1 Å². The van der Waals surface area contributed by atoms with Crippen LogP contribution in [0.2, 0.25) is 0 Å². The van der Waals surface area contributed by atoms with Crippen molar-refractivity contribution in [3.8, 4) is 100 Å². The van der Waals surface area contributed by atoms with Crippen molar-refractivity contribution in [2.24, 2.45) is 0 Å². The minimum absolute atomic E-state index is 0.0335. The third kappa shape index (κ3) is 14.4. The van der Waals surface area contributed by atoms with Crippen molar-refractivity contribution >= 4 is 126 Å². The SMILES string of the molecule is CC1(C)c2ccccc2-c2c1c(N(c1ccc(-c3ccccc3)cc1)c1ccc(-c3ccccc3)cc1)cc1ccccc21.CC1(C)c2ccccc2-c2cc(-c3cccc(N(c4cccc(-c5cccc6c5-c5ccccc5C6(C)C)c4)c4cccc5c4C(C)(C)c4c-5ccc5ccccc45)c3)ccc21.CC1(C)c2ccccc2-c2cc3ccccc3c(N(c3ccccc3)c3cccc4c3ccc3sc5ccccc5c34)c21. The molecule has 0 atom stereocenters. The Labute approximate surface area is 877 Å². The first kappa shape index (κ1) is 90.5. The van der Waals surface area contributed by atoms with E-state index in [4.69, 9.17) is 0 Å². The van der Waals surface area contributed by atoms with Gasteiger partial charge in [-0.2, -0.15) is 0 Å². The summed E-state index contributed by atoms with van der Waals surface area (Å²) in [5, 5.41) is 12.9. The maximum Gasteiger partial charge on any atom is 0.0587 e. The van der Waals surface area contributed by atoms with Crippen LogP contribution < -0.4 is 14.7 Å². The summed E-state index contributed by atoms with van der Waals surface area (Å²) in [4.78, 5) is 7.54. The molecule has 24 aromatic rings. The Morgan fingerprint density at radius 1 is 0.168 bits per heavy atom. The number of rotatable bonds is 13. The molecule has 0 amide bonds. The van der Waals surface area contributed by atoms with E-state index in [1.54, 1.807) is 0 Å². The number of hydrogen-bond acceptors (Lipinski definition) is 4. The molecule has 0 fully saturated rings. The molecule has 0 bridgehead atoms. The lowest BCUT2D eigenvalue weighted by molar-refractivity contribution is 0.660. The molecule has 0 saturated carbocycles. The van der Waals surface area contributed by atoms with Gasteiger partial charge in [0.1, 0.15) is 0 Å². The van der Waals surface area contributed by atoms with E-state index in [1.807, 2.05) is 11.3 Å². The average Bonchev–Trinajstić information content (AvgIpc) is 1.56. The summed E-state index contributed by atoms with van der Waals surface area (Å²) in [5.41, 5.74) is 46.9. The summed E-state index contributed by atoms with van der Waals surface area (Å²) < 4.78 is 2.67. The molecule has 1 heterocycles. The highest BCUT2D eigenvalue weighted by atomic mass is 32.1. The summed E-state index contributed by atoms with van der Waals surface area (Å²) in [7, 11) is 0. The Hall–Kier alpha value is -17.3. The highest BCUT2D eigenvalue weighted by molar-refractivity contribution is 7.26. The topological polar surface area (TPSA) is 9.72 Å². The summed E-state index contributed by atoms with van der Waals surface area (Å²) in [6.45, 7) is 23.8. The van der Waals surface area contributed by atoms with Crippen molar-refractivity contribution < 1.29 is 0 Å². The van der Waals surface area contributed by atoms with Crippen molar-refractivity contribution in [3.63, 3.8) is 0 Å². The number of nitrogens with zero attached hydrogens (tertiary/aromatic N) is 3. The van der Waals surface area contributed by atoms with E-state index >= 15 is 0 Å². The van der Waals surface area contributed by atoms with E-state index in [0.717, 1.165) is 28.4 Å². The van der Waals surface area contributed by atoms with Gasteiger partial charge in [0, 0.05) is 86.5 Å². The molecule has 0 aliphatic heterocycles. The molecular weight excluding hydrogens is 1820 g/mol. The predicted octanol–water partition coefficient (Wildman–Crippen LogP) is 40.6. The molecule has 712 valence electrons. The number of thiophene rings is 1. The molecule has 0 saturated heterocycles. The number of benzene rings is 23. The summed E-state index contributed by atoms with van der Waals surface area (Å²) in [6.07, 6.45) is 0. The second-order valence-electron chi connectivity index (χ2n) is 43.6. The van der Waals surface area contributed by atoms with Gasteiger partial charge < -0.3 is 14.7 Å². The van der Waals surface area contributed by atoms with Crippen molar-refractivity contribution in [2.75, 3.05) is 14.7 Å². The van der Waals surface area contributed by atoms with Crippen LogP contribution >= 0.6 is 11.3 Å². The number of para-hydroxylation sites is 1. The van der Waals surface area contributed by atoms with E-state index in [2.05, 4.69) is 575 Å². The standard InChI is InChI=1S/C61H49N.C43H33N.C41H29NS/c1-59(2)51-27-11-9-23-46(51)50-37-40(32-34-53(50)59)39-18-13-20-42(35-39)62(55-30-16-26-47-48-33-31-38-17-7-8-22-45(38)57(48)61(5,6)58(47)55)43-21-14-19-41(36-43)44-25-15-29-54-56(44)49-24-10-12-28-52(49)60(54,3)4;1-43(2)39-20-12-11-19-38(39)41-37-18-10-9-17-34(37)29-40(42(41)43)44(35-25-21-32(22-26-35)30-13-5-3-6-14-30)36-27-23-33(24-28-36)31-15-7-4-8-16-31;1-41(2)34-20-10-8-17-29(34)33-25-26-13-6-7-16-28(26)40(39(33)41)42(27-14-4-3-5-15-27)35-21-12-19-31-30(35)23-24-37-38(31)32-18-9-11-22-36(32)43-37/h7-37H,1-6H3;3-29H,1-2H3;3-25H,1-2H3. The molecule has 0 radical (unpaired) electrons. The Morgan fingerprint density at radius 2 is 0.584 bits per heavy atom. The minimum Gasteiger partial charge on any atom is -0.310 e. The molecule has 5 aliphatic carbocycles. The van der Waals surface area contributed by atoms with E-state index < -0.39 is 0 Å². The van der Waals surface area contributed by atoms with Crippen molar-refractivity contribution in [3.05, 3.63) is 547 Å². The van der Waals surface area contributed by atoms with Crippen LogP contribution in [-0.4, -0.2) is 0 Å². The van der Waals surface area contributed by atoms with Gasteiger partial charge in [-0.1, -0.05) is 457 Å². The molecule has 0 spiro atoms. The summed E-state index contributed by atoms with van der Waals surface area (Å²) >= 11 is 1.88. The lowest BCUT2D eigenvalue weighted by Crippen LogP contribution is -2.21. The third-order valence-electron chi connectivity index (χ3n) is 33.4. The predicted molar refractivity (Wildman–Crippen MR) is 636 cm³/mol. The van der Waals surface area contributed by atoms with Gasteiger partial charge in [-0.25, -0.2) is 0 Å². The zero-order valence-electron chi connectivity index (χ0n) is 85.5. The molecule has 23 aromatic carbocycles. The van der Waals surface area contributed by atoms with Gasteiger partial charge >= 0.3 is 0 Å². The molecular formula is C145H111N3S. The first-order valence-corrected chi connectivity index (χ1v) is 53.3. The van der Waals surface area contributed by atoms with Crippen LogP contribution in [0.3, 0.4) is 0 Å². The van der Waals surface area contributed by atoms with Crippen LogP contribution in [0.25, 0.3) is 163 Å². The lowest BCUT2D eigenvalue weighted by atomic mass is 9.79. The second kappa shape index (κ2) is 35.0. The highest BCUT2D eigenvalue weighted by Gasteiger charge is 2.46. The first-order valence-electron chi connectivity index (χ1n) is 52.5. The molecule has 3 nitrogen and oxygen atoms in total. The number of fused-ring (bicyclic) bond motifs is 25. The number of anilines is 9. The Kier molecular flexibility index (Phi) is 21.2. The van der Waals surface area contributed by atoms with Crippen LogP contribution in [0, 0.1) is 0 Å². The molecule has 29 rings (SSSR count). The van der Waals surface area contributed by atoms with Crippen LogP contribution in [0.4, 0.5) is 51.2 Å². The van der Waals surface area contributed by atoms with E-state index in [9.17, 15) is 0 Å². The van der Waals surface area contributed by atoms with Gasteiger partial charge in [-0.3, -0.25) is 0 Å². The summed E-state index contributed by atoms with van der Waals surface area (Å²) in [5.74, 6) is 0. The van der Waals surface area contributed by atoms with Crippen molar-refractivity contribution in [2.45, 2.75) is 96.3 Å². The zero-order valence-corrected chi connectivity index (χ0v) is 86.3. The molecule has 1 aromatic heterocycles. The van der Waals surface area contributed by atoms with Crippen LogP contribution in [0.5, 0.6) is 0 Å². The molecule has 0 unspecified atom stereocenters. The normalized spacial score (nSPS) is 14.1. The first-order chi connectivity index (χ1) is 72.7. The van der Waals surface area contributed by atoms with Gasteiger partial charge in [0.15, 0.2) is 0 Å². The van der Waals surface area contributed by atoms with Gasteiger partial charge in [0.2, 0.25) is 0 Å². The largest absolute Gasteiger partial charge is 0.310 e. The average molecular weight is 1930 g/mol. The fraction of sp³-hybridized carbons (Fsp3) is 0.103. The quantitative estimate of drug-likeness (QED) is 0.114. The van der Waals surface area contributed by atoms with Crippen LogP contribution in [0.15, 0.2) is 491 Å². The van der Waals surface area contributed by atoms with E-state index in [-0.39, 0.29) is 27.1 Å². The van der Waals surface area contributed by atoms with Crippen molar-refractivity contribution in [1.29, 1.82) is 0 Å². The molecule has 5 aliphatic rings. The smallest absolute Gasteiger partial charge is 0.0587 e. The van der Waals surface area contributed by atoms with Gasteiger partial charge in [-0.15, -0.1) is 11.3 Å². The molecule has 4 heteroatoms. The third-order valence-corrected chi connectivity index (χ3v) is 34.6. The zero-order chi connectivity index (χ0) is 101. The van der Waals surface area contributed by atoms with Gasteiger partial charge in [0.25, 0.3) is 0 Å². The summed E-state index contributed by atoms with van der Waals surface area (Å²) in [6, 6.07) is 182. The maximum atomic E-state index is 2.54. The second-order valence-corrected chi connectivity index (χ2v) is 44.7. The fourth-order valence-corrected chi connectivity index (χ4v) is 27.6. The van der Waals surface area contributed by atoms with Gasteiger partial charge in [0.05, 0.1) is 22.7 Å². The van der Waals surface area contributed by atoms with Crippen LogP contribution in [0.1, 0.15) is 125 Å². The molecule has 0 N–H and O–H groups in total. The number of hydrogen-bond donors (Lipinski definition) is 0. The maximum absolute atomic E-state index is 2.54. The Bertz CT molecular complexity index is 9470. The van der Waals surface area contributed by atoms with Crippen molar-refractivity contribution in [1.82, 2.24) is 0 Å². The Balaban J connectivity index is 0.000000113. The fourth-order valence-electron chi connectivity index (χ4n) is 26.5.